The van der Waals surface area contributed by atoms with Crippen LogP contribution in [-0.4, -0.2) is 77.3 Å². The number of nitrogens with zero attached hydrogens (tertiary/aromatic N) is 1. The second-order valence-electron chi connectivity index (χ2n) is 12.1. The average molecular weight is 582 g/mol. The van der Waals surface area contributed by atoms with E-state index in [9.17, 15) is 32.7 Å². The Hall–Kier alpha value is -2.63. The van der Waals surface area contributed by atoms with Crippen molar-refractivity contribution in [2.45, 2.75) is 112 Å². The van der Waals surface area contributed by atoms with Crippen LogP contribution in [0.25, 0.3) is 0 Å². The van der Waals surface area contributed by atoms with Gasteiger partial charge in [-0.25, -0.2) is 9.59 Å². The predicted molar refractivity (Wildman–Crippen MR) is 149 cm³/mol. The van der Waals surface area contributed by atoms with Crippen molar-refractivity contribution in [1.29, 1.82) is 0 Å². The molecule has 4 N–H and O–H groups in total. The van der Waals surface area contributed by atoms with Gasteiger partial charge in [-0.3, -0.25) is 9.59 Å². The number of carboxylic acid groups (broad SMARTS) is 2. The molecule has 2 amide bonds. The molecule has 0 aliphatic carbocycles. The Balaban J connectivity index is 0. The van der Waals surface area contributed by atoms with Gasteiger partial charge in [-0.1, -0.05) is 80.7 Å². The summed E-state index contributed by atoms with van der Waals surface area (Å²) in [5, 5.41) is 22.6. The number of alkyl halides is 3. The molecule has 0 saturated carbocycles. The maximum absolute atomic E-state index is 13.6. The Morgan fingerprint density at radius 1 is 0.950 bits per heavy atom. The van der Waals surface area contributed by atoms with Gasteiger partial charge in [0.05, 0.1) is 12.1 Å². The molecule has 0 aromatic heterocycles. The molecular formula is C28H50F3N3O6. The van der Waals surface area contributed by atoms with E-state index in [2.05, 4.69) is 31.4 Å². The fourth-order valence-electron chi connectivity index (χ4n) is 4.16. The van der Waals surface area contributed by atoms with Crippen molar-refractivity contribution in [3.63, 3.8) is 0 Å². The van der Waals surface area contributed by atoms with Crippen LogP contribution in [0.2, 0.25) is 0 Å². The third-order valence-electron chi connectivity index (χ3n) is 6.64. The van der Waals surface area contributed by atoms with E-state index in [1.165, 1.54) is 6.92 Å². The maximum Gasteiger partial charge on any atom is 0.490 e. The lowest BCUT2D eigenvalue weighted by Gasteiger charge is -2.39. The lowest BCUT2D eigenvalue weighted by molar-refractivity contribution is -0.192. The predicted octanol–water partition coefficient (Wildman–Crippen LogP) is 4.86. The minimum absolute atomic E-state index is 0.00660. The number of carbonyl (C=O) groups excluding carboxylic acids is 2. The first kappa shape index (κ1) is 39.5. The first-order chi connectivity index (χ1) is 17.9. The normalized spacial score (nSPS) is 14.9. The molecule has 0 heterocycles. The van der Waals surface area contributed by atoms with Crippen LogP contribution in [0.4, 0.5) is 13.2 Å². The fourth-order valence-corrected chi connectivity index (χ4v) is 4.16. The molecule has 3 atom stereocenters. The summed E-state index contributed by atoms with van der Waals surface area (Å²) >= 11 is 0. The molecule has 0 fully saturated rings. The van der Waals surface area contributed by atoms with Crippen LogP contribution in [0.1, 0.15) is 88.0 Å². The summed E-state index contributed by atoms with van der Waals surface area (Å²) in [7, 11) is 3.45. The highest BCUT2D eigenvalue weighted by atomic mass is 19.4. The molecule has 0 spiro atoms. The first-order valence-corrected chi connectivity index (χ1v) is 13.4. The number of unbranched alkanes of at least 4 members (excludes halogenated alkanes) is 2. The first-order valence-electron chi connectivity index (χ1n) is 13.4. The number of carboxylic acids is 2. The van der Waals surface area contributed by atoms with E-state index in [1.807, 2.05) is 34.6 Å². The number of hydrogen-bond donors (Lipinski definition) is 4. The SMILES string of the molecule is CCCCCC(C)(C)[C@H](NC)C(=O)N[C@H](C(=O)N(C)[C@H](/C=C(\C)C(=O)O)C(C)C)C(C)(C)C.O=C(O)C(F)(F)F. The van der Waals surface area contributed by atoms with Crippen molar-refractivity contribution in [2.75, 3.05) is 14.1 Å². The second-order valence-corrected chi connectivity index (χ2v) is 12.1. The van der Waals surface area contributed by atoms with Gasteiger partial charge in [0.15, 0.2) is 0 Å². The van der Waals surface area contributed by atoms with Crippen molar-refractivity contribution in [3.8, 4) is 0 Å². The molecule has 234 valence electrons. The molecule has 0 radical (unpaired) electrons. The largest absolute Gasteiger partial charge is 0.490 e. The molecule has 0 saturated heterocycles. The van der Waals surface area contributed by atoms with Crippen molar-refractivity contribution in [1.82, 2.24) is 15.5 Å². The van der Waals surface area contributed by atoms with Crippen molar-refractivity contribution < 1.29 is 42.6 Å². The zero-order chi connectivity index (χ0) is 32.2. The molecule has 0 aromatic rings. The van der Waals surface area contributed by atoms with Gasteiger partial charge in [-0.2, -0.15) is 13.2 Å². The highest BCUT2D eigenvalue weighted by Crippen LogP contribution is 2.30. The van der Waals surface area contributed by atoms with Crippen LogP contribution in [-0.2, 0) is 19.2 Å². The quantitative estimate of drug-likeness (QED) is 0.180. The number of halogens is 3. The van der Waals surface area contributed by atoms with Gasteiger partial charge < -0.3 is 25.7 Å². The zero-order valence-corrected chi connectivity index (χ0v) is 25.8. The molecule has 0 aliphatic rings. The van der Waals surface area contributed by atoms with E-state index in [0.29, 0.717) is 0 Å². The monoisotopic (exact) mass is 581 g/mol. The summed E-state index contributed by atoms with van der Waals surface area (Å²) in [6, 6.07) is -1.59. The van der Waals surface area contributed by atoms with E-state index in [0.717, 1.165) is 25.7 Å². The minimum Gasteiger partial charge on any atom is -0.478 e. The Bertz CT molecular complexity index is 879. The number of carbonyl (C=O) groups is 4. The summed E-state index contributed by atoms with van der Waals surface area (Å²) in [5.41, 5.74) is -0.611. The number of aliphatic carboxylic acids is 2. The van der Waals surface area contributed by atoms with Gasteiger partial charge in [0.25, 0.3) is 0 Å². The molecule has 40 heavy (non-hydrogen) atoms. The van der Waals surface area contributed by atoms with Gasteiger partial charge in [-0.05, 0) is 37.1 Å². The maximum atomic E-state index is 13.6. The van der Waals surface area contributed by atoms with Crippen LogP contribution in [0.5, 0.6) is 0 Å². The number of nitrogens with one attached hydrogen (secondary N) is 2. The van der Waals surface area contributed by atoms with Crippen molar-refractivity contribution >= 4 is 23.8 Å². The van der Waals surface area contributed by atoms with E-state index in [-0.39, 0.29) is 28.7 Å². The van der Waals surface area contributed by atoms with E-state index < -0.39 is 41.7 Å². The molecule has 12 heteroatoms. The van der Waals surface area contributed by atoms with Gasteiger partial charge in [0.2, 0.25) is 11.8 Å². The van der Waals surface area contributed by atoms with Crippen LogP contribution in [0.3, 0.4) is 0 Å². The number of rotatable bonds is 13. The Labute approximate surface area is 236 Å². The van der Waals surface area contributed by atoms with E-state index in [4.69, 9.17) is 9.90 Å². The molecule has 0 unspecified atom stereocenters. The van der Waals surface area contributed by atoms with Gasteiger partial charge >= 0.3 is 18.1 Å². The third-order valence-corrected chi connectivity index (χ3v) is 6.64. The van der Waals surface area contributed by atoms with E-state index in [1.54, 1.807) is 25.1 Å². The van der Waals surface area contributed by atoms with Crippen molar-refractivity contribution in [2.24, 2.45) is 16.7 Å². The molecule has 0 bridgehead atoms. The number of hydrogen-bond acceptors (Lipinski definition) is 5. The topological polar surface area (TPSA) is 136 Å². The van der Waals surface area contributed by atoms with Gasteiger partial charge in [0, 0.05) is 12.6 Å². The molecular weight excluding hydrogens is 531 g/mol. The van der Waals surface area contributed by atoms with Crippen molar-refractivity contribution in [3.05, 3.63) is 11.6 Å². The smallest absolute Gasteiger partial charge is 0.478 e. The zero-order valence-electron chi connectivity index (χ0n) is 25.8. The Kier molecular flexibility index (Phi) is 16.4. The highest BCUT2D eigenvalue weighted by molar-refractivity contribution is 5.91. The summed E-state index contributed by atoms with van der Waals surface area (Å²) in [4.78, 5) is 48.8. The molecule has 9 nitrogen and oxygen atoms in total. The average Bonchev–Trinajstić information content (AvgIpc) is 2.78. The molecule has 0 rings (SSSR count). The summed E-state index contributed by atoms with van der Waals surface area (Å²) in [6.45, 7) is 17.5. The molecule has 0 aliphatic heterocycles. The summed E-state index contributed by atoms with van der Waals surface area (Å²) in [6.07, 6.45) is 0.717. The van der Waals surface area contributed by atoms with Crippen LogP contribution >= 0.6 is 0 Å². The molecule has 0 aromatic carbocycles. The highest BCUT2D eigenvalue weighted by Gasteiger charge is 2.41. The lowest BCUT2D eigenvalue weighted by atomic mass is 9.78. The van der Waals surface area contributed by atoms with Crippen LogP contribution in [0.15, 0.2) is 11.6 Å². The lowest BCUT2D eigenvalue weighted by Crippen LogP contribution is -2.61. The van der Waals surface area contributed by atoms with E-state index >= 15 is 0 Å². The van der Waals surface area contributed by atoms with Crippen LogP contribution < -0.4 is 10.6 Å². The summed E-state index contributed by atoms with van der Waals surface area (Å²) < 4.78 is 31.7. The Morgan fingerprint density at radius 2 is 1.43 bits per heavy atom. The third kappa shape index (κ3) is 13.6. The summed E-state index contributed by atoms with van der Waals surface area (Å²) in [5.74, 6) is -4.19. The number of likely N-dealkylation sites (N-methyl/N-ethyl adjacent to an activating group) is 2. The Morgan fingerprint density at radius 3 is 1.75 bits per heavy atom. The minimum atomic E-state index is -5.08. The fraction of sp³-hybridized carbons (Fsp3) is 0.786. The number of amides is 2. The second kappa shape index (κ2) is 16.6. The van der Waals surface area contributed by atoms with Gasteiger partial charge in [-0.15, -0.1) is 0 Å². The van der Waals surface area contributed by atoms with Crippen LogP contribution in [0, 0.1) is 16.7 Å². The standard InChI is InChI=1S/C26H49N3O4.C2HF3O2/c1-12-13-14-15-26(8,9)20(27-10)22(30)28-21(25(5,6)7)23(31)29(11)19(17(2)3)16-18(4)24(32)33;3-2(4,5)1(6)7/h16-17,19-21,27H,12-15H2,1-11H3,(H,28,30)(H,32,33);(H,6,7)/b18-16+;/t19-,20-,21-;/m1./s1. The van der Waals surface area contributed by atoms with Gasteiger partial charge in [0.1, 0.15) is 6.04 Å².